The highest BCUT2D eigenvalue weighted by atomic mass is 15.1. The molecule has 1 aromatic rings. The third-order valence-corrected chi connectivity index (χ3v) is 2.87. The van der Waals surface area contributed by atoms with Gasteiger partial charge in [-0.05, 0) is 46.8 Å². The molecule has 0 saturated heterocycles. The van der Waals surface area contributed by atoms with Crippen LogP contribution in [0, 0.1) is 0 Å². The third-order valence-electron chi connectivity index (χ3n) is 2.87. The molecule has 0 saturated carbocycles. The van der Waals surface area contributed by atoms with Gasteiger partial charge in [0.1, 0.15) is 0 Å². The van der Waals surface area contributed by atoms with Crippen LogP contribution in [0.4, 0.5) is 0 Å². The number of nitrogens with zero attached hydrogens (tertiary/aromatic N) is 2. The van der Waals surface area contributed by atoms with Crippen molar-refractivity contribution in [3.63, 3.8) is 0 Å². The molecular weight excluding hydrogens is 200 g/mol. The fraction of sp³-hybridized carbons (Fsp3) is 0.750. The van der Waals surface area contributed by atoms with E-state index in [4.69, 9.17) is 0 Å². The van der Waals surface area contributed by atoms with Crippen molar-refractivity contribution in [2.45, 2.75) is 39.3 Å². The molecule has 0 aliphatic carbocycles. The molecule has 0 aromatic carbocycles. The van der Waals surface area contributed by atoms with E-state index in [1.807, 2.05) is 6.20 Å². The summed E-state index contributed by atoms with van der Waals surface area (Å²) >= 11 is 0. The van der Waals surface area contributed by atoms with Crippen LogP contribution in [-0.2, 0) is 6.54 Å². The predicted molar refractivity (Wildman–Crippen MR) is 67.3 cm³/mol. The molecule has 0 fully saturated rings. The number of imidazole rings is 1. The Morgan fingerprint density at radius 1 is 1.44 bits per heavy atom. The largest absolute Gasteiger partial charge is 0.347 e. The summed E-state index contributed by atoms with van der Waals surface area (Å²) in [6.07, 6.45) is 6.06. The summed E-state index contributed by atoms with van der Waals surface area (Å²) in [6.45, 7) is 7.61. The van der Waals surface area contributed by atoms with Crippen LogP contribution in [0.1, 0.15) is 32.4 Å². The quantitative estimate of drug-likeness (QED) is 0.660. The second kappa shape index (κ2) is 7.41. The third kappa shape index (κ3) is 5.28. The Labute approximate surface area is 98.5 Å². The van der Waals surface area contributed by atoms with Crippen LogP contribution in [0.3, 0.4) is 0 Å². The fourth-order valence-electron chi connectivity index (χ4n) is 1.47. The van der Waals surface area contributed by atoms with Gasteiger partial charge in [0.25, 0.3) is 0 Å². The Kier molecular flexibility index (Phi) is 6.11. The molecule has 1 rings (SSSR count). The molecule has 1 aromatic heterocycles. The number of hydrogen-bond donors (Lipinski definition) is 2. The Morgan fingerprint density at radius 3 is 2.88 bits per heavy atom. The number of aromatic amines is 1. The molecule has 4 heteroatoms. The van der Waals surface area contributed by atoms with Gasteiger partial charge in [0, 0.05) is 24.5 Å². The lowest BCUT2D eigenvalue weighted by molar-refractivity contribution is 0.268. The number of aromatic nitrogens is 2. The van der Waals surface area contributed by atoms with Crippen LogP contribution >= 0.6 is 0 Å². The van der Waals surface area contributed by atoms with Crippen molar-refractivity contribution >= 4 is 0 Å². The highest BCUT2D eigenvalue weighted by Crippen LogP contribution is 1.97. The molecule has 4 nitrogen and oxygen atoms in total. The molecule has 0 spiro atoms. The van der Waals surface area contributed by atoms with Gasteiger partial charge in [-0.1, -0.05) is 0 Å². The summed E-state index contributed by atoms with van der Waals surface area (Å²) in [5.41, 5.74) is 1.15. The average Bonchev–Trinajstić information content (AvgIpc) is 2.75. The average molecular weight is 224 g/mol. The zero-order valence-electron chi connectivity index (χ0n) is 10.7. The van der Waals surface area contributed by atoms with Gasteiger partial charge in [-0.15, -0.1) is 0 Å². The van der Waals surface area contributed by atoms with E-state index in [2.05, 4.69) is 41.1 Å². The van der Waals surface area contributed by atoms with Crippen molar-refractivity contribution < 1.29 is 0 Å². The Hall–Kier alpha value is -0.870. The maximum atomic E-state index is 3.98. The summed E-state index contributed by atoms with van der Waals surface area (Å²) in [6, 6.07) is 0.651. The predicted octanol–water partition coefficient (Wildman–Crippen LogP) is 1.62. The monoisotopic (exact) mass is 224 g/mol. The van der Waals surface area contributed by atoms with E-state index in [1.165, 1.54) is 19.4 Å². The number of H-pyrrole nitrogens is 1. The van der Waals surface area contributed by atoms with Gasteiger partial charge in [0.15, 0.2) is 0 Å². The van der Waals surface area contributed by atoms with Crippen molar-refractivity contribution in [3.8, 4) is 0 Å². The van der Waals surface area contributed by atoms with Gasteiger partial charge in [-0.2, -0.15) is 0 Å². The van der Waals surface area contributed by atoms with Gasteiger partial charge in [-0.25, -0.2) is 4.98 Å². The van der Waals surface area contributed by atoms with Crippen LogP contribution in [0.2, 0.25) is 0 Å². The fourth-order valence-corrected chi connectivity index (χ4v) is 1.47. The standard InChI is InChI=1S/C12H24N4/c1-11(2)16(3)7-5-4-6-13-8-12-9-14-10-15-12/h9-11,13H,4-8H2,1-3H3,(H,14,15). The Balaban J connectivity index is 1.92. The molecule has 0 aliphatic heterocycles. The first kappa shape index (κ1) is 13.2. The molecule has 2 N–H and O–H groups in total. The van der Waals surface area contributed by atoms with Crippen LogP contribution in [0.25, 0.3) is 0 Å². The molecule has 16 heavy (non-hydrogen) atoms. The van der Waals surface area contributed by atoms with Crippen LogP contribution in [-0.4, -0.2) is 41.0 Å². The van der Waals surface area contributed by atoms with Crippen LogP contribution < -0.4 is 5.32 Å². The lowest BCUT2D eigenvalue weighted by atomic mass is 10.2. The van der Waals surface area contributed by atoms with Crippen molar-refractivity contribution in [2.24, 2.45) is 0 Å². The minimum atomic E-state index is 0.651. The molecule has 0 atom stereocenters. The highest BCUT2D eigenvalue weighted by molar-refractivity contribution is 4.92. The van der Waals surface area contributed by atoms with E-state index in [0.29, 0.717) is 6.04 Å². The summed E-state index contributed by atoms with van der Waals surface area (Å²) in [5, 5.41) is 3.40. The summed E-state index contributed by atoms with van der Waals surface area (Å²) < 4.78 is 0. The molecule has 0 amide bonds. The molecule has 0 radical (unpaired) electrons. The Morgan fingerprint density at radius 2 is 2.25 bits per heavy atom. The zero-order valence-corrected chi connectivity index (χ0v) is 10.7. The summed E-state index contributed by atoms with van der Waals surface area (Å²) in [4.78, 5) is 9.44. The van der Waals surface area contributed by atoms with Gasteiger partial charge in [0.05, 0.1) is 6.33 Å². The Bertz CT molecular complexity index is 256. The van der Waals surface area contributed by atoms with Gasteiger partial charge < -0.3 is 15.2 Å². The van der Waals surface area contributed by atoms with Crippen molar-refractivity contribution in [2.75, 3.05) is 20.1 Å². The van der Waals surface area contributed by atoms with E-state index < -0.39 is 0 Å². The molecular formula is C12H24N4. The number of nitrogens with one attached hydrogen (secondary N) is 2. The number of unbranched alkanes of at least 4 members (excludes halogenated alkanes) is 1. The van der Waals surface area contributed by atoms with E-state index in [0.717, 1.165) is 18.8 Å². The lowest BCUT2D eigenvalue weighted by Gasteiger charge is -2.20. The maximum absolute atomic E-state index is 3.98. The molecule has 0 unspecified atom stereocenters. The van der Waals surface area contributed by atoms with Crippen molar-refractivity contribution in [1.29, 1.82) is 0 Å². The topological polar surface area (TPSA) is 44.0 Å². The second-order valence-corrected chi connectivity index (χ2v) is 4.54. The van der Waals surface area contributed by atoms with E-state index >= 15 is 0 Å². The SMILES string of the molecule is CC(C)N(C)CCCCNCc1cnc[nH]1. The van der Waals surface area contributed by atoms with Crippen molar-refractivity contribution in [3.05, 3.63) is 18.2 Å². The second-order valence-electron chi connectivity index (χ2n) is 4.54. The first-order chi connectivity index (χ1) is 7.70. The molecule has 0 bridgehead atoms. The molecule has 0 aliphatic rings. The van der Waals surface area contributed by atoms with E-state index in [-0.39, 0.29) is 0 Å². The van der Waals surface area contributed by atoms with Crippen molar-refractivity contribution in [1.82, 2.24) is 20.2 Å². The van der Waals surface area contributed by atoms with E-state index in [1.54, 1.807) is 6.33 Å². The lowest BCUT2D eigenvalue weighted by Crippen LogP contribution is -2.27. The van der Waals surface area contributed by atoms with Gasteiger partial charge in [0.2, 0.25) is 0 Å². The summed E-state index contributed by atoms with van der Waals surface area (Å²) in [5.74, 6) is 0. The van der Waals surface area contributed by atoms with Crippen LogP contribution in [0.15, 0.2) is 12.5 Å². The van der Waals surface area contributed by atoms with Gasteiger partial charge >= 0.3 is 0 Å². The minimum Gasteiger partial charge on any atom is -0.347 e. The maximum Gasteiger partial charge on any atom is 0.0922 e. The number of hydrogen-bond acceptors (Lipinski definition) is 3. The van der Waals surface area contributed by atoms with Crippen LogP contribution in [0.5, 0.6) is 0 Å². The number of rotatable bonds is 8. The first-order valence-electron chi connectivity index (χ1n) is 6.08. The first-order valence-corrected chi connectivity index (χ1v) is 6.08. The zero-order chi connectivity index (χ0) is 11.8. The molecule has 92 valence electrons. The summed E-state index contributed by atoms with van der Waals surface area (Å²) in [7, 11) is 2.18. The minimum absolute atomic E-state index is 0.651. The highest BCUT2D eigenvalue weighted by Gasteiger charge is 2.01. The van der Waals surface area contributed by atoms with Gasteiger partial charge in [-0.3, -0.25) is 0 Å². The normalized spacial score (nSPS) is 11.6. The molecule has 1 heterocycles. The smallest absolute Gasteiger partial charge is 0.0922 e. The van der Waals surface area contributed by atoms with E-state index in [9.17, 15) is 0 Å².